The van der Waals surface area contributed by atoms with E-state index in [2.05, 4.69) is 122 Å². The second-order valence-corrected chi connectivity index (χ2v) is 13.7. The molecule has 0 aromatic heterocycles. The van der Waals surface area contributed by atoms with Crippen molar-refractivity contribution in [3.05, 3.63) is 95.1 Å². The molecule has 0 N–H and O–H groups in total. The van der Waals surface area contributed by atoms with Gasteiger partial charge in [0.05, 0.1) is 15.2 Å². The van der Waals surface area contributed by atoms with Crippen LogP contribution in [0.1, 0.15) is 66.5 Å². The molecule has 0 amide bonds. The molecule has 1 aliphatic rings. The smallest absolute Gasteiger partial charge is 0.0538 e. The van der Waals surface area contributed by atoms with Gasteiger partial charge in [-0.1, -0.05) is 118 Å². The van der Waals surface area contributed by atoms with Crippen molar-refractivity contribution in [1.29, 1.82) is 0 Å². The highest BCUT2D eigenvalue weighted by Gasteiger charge is 2.61. The molecule has 33 heavy (non-hydrogen) atoms. The van der Waals surface area contributed by atoms with E-state index in [0.717, 1.165) is 5.03 Å². The van der Waals surface area contributed by atoms with Crippen molar-refractivity contribution < 1.29 is 0 Å². The van der Waals surface area contributed by atoms with Crippen LogP contribution in [0, 0.1) is 10.8 Å². The fourth-order valence-corrected chi connectivity index (χ4v) is 7.62. The average Bonchev–Trinajstić information content (AvgIpc) is 2.73. The maximum absolute atomic E-state index is 7.41. The van der Waals surface area contributed by atoms with Crippen LogP contribution in [0.4, 0.5) is 0 Å². The predicted octanol–water partition coefficient (Wildman–Crippen LogP) is 9.64. The van der Waals surface area contributed by atoms with Gasteiger partial charge in [0.2, 0.25) is 0 Å². The largest absolute Gasteiger partial charge is 0.119 e. The van der Waals surface area contributed by atoms with Crippen molar-refractivity contribution in [1.82, 2.24) is 0 Å². The van der Waals surface area contributed by atoms with Crippen molar-refractivity contribution in [2.24, 2.45) is 10.8 Å². The Morgan fingerprint density at radius 1 is 0.576 bits per heavy atom. The van der Waals surface area contributed by atoms with Crippen LogP contribution in [0.2, 0.25) is 0 Å². The number of allylic oxidation sites excluding steroid dienone is 4. The zero-order chi connectivity index (χ0) is 24.9. The number of hydrogen-bond donors (Lipinski definition) is 0. The van der Waals surface area contributed by atoms with Crippen LogP contribution in [0.15, 0.2) is 83.9 Å². The first-order valence-electron chi connectivity index (χ1n) is 11.6. The van der Waals surface area contributed by atoms with E-state index in [9.17, 15) is 0 Å². The lowest BCUT2D eigenvalue weighted by molar-refractivity contribution is 0.173. The minimum absolute atomic E-state index is 0.324. The summed E-state index contributed by atoms with van der Waals surface area (Å²) in [5.74, 6) is 0. The molecule has 0 saturated heterocycles. The molecule has 0 aliphatic heterocycles. The Kier molecular flexibility index (Phi) is 6.78. The van der Waals surface area contributed by atoms with Crippen LogP contribution < -0.4 is 0 Å². The van der Waals surface area contributed by atoms with Gasteiger partial charge in [0.1, 0.15) is 0 Å². The fourth-order valence-electron chi connectivity index (χ4n) is 6.11. The van der Waals surface area contributed by atoms with Crippen LogP contribution in [-0.2, 0) is 10.8 Å². The summed E-state index contributed by atoms with van der Waals surface area (Å²) >= 11 is 21.9. The number of rotatable bonds is 6. The Bertz CT molecular complexity index is 1030. The van der Waals surface area contributed by atoms with E-state index >= 15 is 0 Å². The molecular formula is C30H37Cl3. The van der Waals surface area contributed by atoms with Gasteiger partial charge in [0.15, 0.2) is 0 Å². The second kappa shape index (κ2) is 8.47. The molecule has 0 heterocycles. The average molecular weight is 504 g/mol. The summed E-state index contributed by atoms with van der Waals surface area (Å²) in [7, 11) is 0. The van der Waals surface area contributed by atoms with Crippen molar-refractivity contribution in [2.75, 3.05) is 0 Å². The standard InChI is InChI=1S/C30H37Cl3/c1-25(2,22-15-11-9-12-16-22)29(27(5,6)32)19-20-30(24(31)21-29,28(7,8)33)26(3,4)23-17-13-10-14-18-23/h9-21H,1-8H3. The van der Waals surface area contributed by atoms with Gasteiger partial charge in [-0.3, -0.25) is 0 Å². The highest BCUT2D eigenvalue weighted by Crippen LogP contribution is 2.65. The van der Waals surface area contributed by atoms with Crippen molar-refractivity contribution in [3.63, 3.8) is 0 Å². The fraction of sp³-hybridized carbons (Fsp3) is 0.467. The van der Waals surface area contributed by atoms with Crippen LogP contribution in [0.25, 0.3) is 0 Å². The lowest BCUT2D eigenvalue weighted by Gasteiger charge is -2.58. The topological polar surface area (TPSA) is 0 Å². The quantitative estimate of drug-likeness (QED) is 0.272. The first-order chi connectivity index (χ1) is 15.0. The van der Waals surface area contributed by atoms with E-state index in [0.29, 0.717) is 0 Å². The predicted molar refractivity (Wildman–Crippen MR) is 147 cm³/mol. The lowest BCUT2D eigenvalue weighted by atomic mass is 9.49. The molecular weight excluding hydrogens is 467 g/mol. The number of alkyl halides is 2. The van der Waals surface area contributed by atoms with Gasteiger partial charge >= 0.3 is 0 Å². The Labute approximate surface area is 216 Å². The van der Waals surface area contributed by atoms with Gasteiger partial charge in [-0.05, 0) is 38.8 Å². The summed E-state index contributed by atoms with van der Waals surface area (Å²) < 4.78 is 0. The molecule has 0 radical (unpaired) electrons. The Morgan fingerprint density at radius 2 is 1.00 bits per heavy atom. The van der Waals surface area contributed by atoms with Crippen LogP contribution >= 0.6 is 34.8 Å². The maximum atomic E-state index is 7.41. The summed E-state index contributed by atoms with van der Waals surface area (Å²) in [5, 5.41) is 0.733. The zero-order valence-electron chi connectivity index (χ0n) is 21.1. The molecule has 0 bridgehead atoms. The summed E-state index contributed by atoms with van der Waals surface area (Å²) in [4.78, 5) is -1.27. The van der Waals surface area contributed by atoms with Crippen LogP contribution in [-0.4, -0.2) is 9.75 Å². The van der Waals surface area contributed by atoms with Crippen LogP contribution in [0.3, 0.4) is 0 Å². The van der Waals surface area contributed by atoms with Gasteiger partial charge in [-0.25, -0.2) is 0 Å². The molecule has 2 aromatic carbocycles. The Balaban J connectivity index is 2.32. The number of benzene rings is 2. The third-order valence-corrected chi connectivity index (χ3v) is 9.28. The summed E-state index contributed by atoms with van der Waals surface area (Å²) in [6, 6.07) is 21.0. The van der Waals surface area contributed by atoms with Gasteiger partial charge in [-0.2, -0.15) is 0 Å². The van der Waals surface area contributed by atoms with Gasteiger partial charge in [0, 0.05) is 21.3 Å². The van der Waals surface area contributed by atoms with Crippen molar-refractivity contribution in [3.8, 4) is 0 Å². The maximum Gasteiger partial charge on any atom is 0.0538 e. The Morgan fingerprint density at radius 3 is 1.36 bits per heavy atom. The monoisotopic (exact) mass is 502 g/mol. The first kappa shape index (κ1) is 26.4. The second-order valence-electron chi connectivity index (χ2n) is 11.4. The number of hydrogen-bond acceptors (Lipinski definition) is 0. The SMILES string of the molecule is CC(C)(Cl)C1(C(C)(C)c2ccccc2)C=CC(C(C)(C)Cl)(C(C)(C)c2ccccc2)C(Cl)=C1. The third-order valence-electron chi connectivity index (χ3n) is 8.26. The highest BCUT2D eigenvalue weighted by molar-refractivity contribution is 6.33. The zero-order valence-corrected chi connectivity index (χ0v) is 23.4. The molecule has 0 saturated carbocycles. The molecule has 2 atom stereocenters. The Hall–Kier alpha value is -1.21. The molecule has 0 fully saturated rings. The minimum atomic E-state index is -0.657. The summed E-state index contributed by atoms with van der Waals surface area (Å²) in [6.45, 7) is 17.2. The van der Waals surface area contributed by atoms with Crippen LogP contribution in [0.5, 0.6) is 0 Å². The van der Waals surface area contributed by atoms with Crippen molar-refractivity contribution in [2.45, 2.75) is 76.0 Å². The van der Waals surface area contributed by atoms with E-state index in [-0.39, 0.29) is 10.8 Å². The normalized spacial score (nSPS) is 24.5. The van der Waals surface area contributed by atoms with Gasteiger partial charge in [-0.15, -0.1) is 23.2 Å². The molecule has 0 nitrogen and oxygen atoms in total. The lowest BCUT2D eigenvalue weighted by Crippen LogP contribution is -2.57. The third kappa shape index (κ3) is 3.91. The molecule has 0 spiro atoms. The van der Waals surface area contributed by atoms with E-state index in [1.165, 1.54) is 11.1 Å². The molecule has 2 unspecified atom stereocenters. The minimum Gasteiger partial charge on any atom is -0.119 e. The van der Waals surface area contributed by atoms with E-state index in [1.54, 1.807) is 0 Å². The van der Waals surface area contributed by atoms with E-state index < -0.39 is 20.6 Å². The van der Waals surface area contributed by atoms with E-state index in [4.69, 9.17) is 34.8 Å². The van der Waals surface area contributed by atoms with Gasteiger partial charge < -0.3 is 0 Å². The molecule has 178 valence electrons. The number of halogens is 3. The van der Waals surface area contributed by atoms with Gasteiger partial charge in [0.25, 0.3) is 0 Å². The summed E-state index contributed by atoms with van der Waals surface area (Å²) in [6.07, 6.45) is 6.74. The summed E-state index contributed by atoms with van der Waals surface area (Å²) in [5.41, 5.74) is 0.527. The molecule has 1 aliphatic carbocycles. The van der Waals surface area contributed by atoms with Crippen molar-refractivity contribution >= 4 is 34.8 Å². The molecule has 3 heteroatoms. The van der Waals surface area contributed by atoms with E-state index in [1.807, 2.05) is 12.1 Å². The molecule has 3 rings (SSSR count). The highest BCUT2D eigenvalue weighted by atomic mass is 35.5. The molecule has 2 aromatic rings. The first-order valence-corrected chi connectivity index (χ1v) is 12.8.